The van der Waals surface area contributed by atoms with Crippen molar-refractivity contribution in [3.63, 3.8) is 0 Å². The number of hydrogen-bond donors (Lipinski definition) is 1. The van der Waals surface area contributed by atoms with Crippen LogP contribution in [0.15, 0.2) is 16.7 Å². The SMILES string of the molecule is CC1CN(CCCN=CC(=CN)B2OC(C)(C)C(C)(C)O2)CCO1. The van der Waals surface area contributed by atoms with Crippen LogP contribution in [-0.4, -0.2) is 68.3 Å². The summed E-state index contributed by atoms with van der Waals surface area (Å²) in [5, 5.41) is 0. The summed E-state index contributed by atoms with van der Waals surface area (Å²) in [7, 11) is -0.455. The van der Waals surface area contributed by atoms with Crippen molar-refractivity contribution in [1.29, 1.82) is 0 Å². The summed E-state index contributed by atoms with van der Waals surface area (Å²) in [6.07, 6.45) is 4.65. The highest BCUT2D eigenvalue weighted by atomic mass is 16.7. The standard InChI is InChI=1S/C17H32BN3O3/c1-14-13-21(9-10-22-14)8-6-7-20-12-15(11-19)18-23-16(2,3)17(4,5)24-18/h11-12,14H,6-10,13,19H2,1-5H3. The first-order valence-electron chi connectivity index (χ1n) is 8.86. The first-order valence-corrected chi connectivity index (χ1v) is 8.86. The zero-order valence-electron chi connectivity index (χ0n) is 15.7. The predicted octanol–water partition coefficient (Wildman–Crippen LogP) is 1.64. The maximum absolute atomic E-state index is 6.00. The molecule has 0 amide bonds. The van der Waals surface area contributed by atoms with Crippen molar-refractivity contribution in [2.45, 2.75) is 58.3 Å². The lowest BCUT2D eigenvalue weighted by Crippen LogP contribution is -2.41. The highest BCUT2D eigenvalue weighted by Gasteiger charge is 2.52. The normalized spacial score (nSPS) is 28.0. The van der Waals surface area contributed by atoms with Crippen molar-refractivity contribution in [2.75, 3.05) is 32.8 Å². The van der Waals surface area contributed by atoms with E-state index in [-0.39, 0.29) is 11.2 Å². The molecule has 0 aromatic heterocycles. The van der Waals surface area contributed by atoms with Gasteiger partial charge in [-0.15, -0.1) is 0 Å². The molecule has 0 spiro atoms. The zero-order valence-corrected chi connectivity index (χ0v) is 15.7. The van der Waals surface area contributed by atoms with Crippen LogP contribution in [0.4, 0.5) is 0 Å². The van der Waals surface area contributed by atoms with Crippen molar-refractivity contribution < 1.29 is 14.0 Å². The maximum Gasteiger partial charge on any atom is 0.497 e. The molecule has 2 aliphatic rings. The van der Waals surface area contributed by atoms with E-state index in [1.54, 1.807) is 6.21 Å². The number of hydrogen-bond acceptors (Lipinski definition) is 6. The lowest BCUT2D eigenvalue weighted by Gasteiger charge is -2.32. The van der Waals surface area contributed by atoms with Gasteiger partial charge in [0.25, 0.3) is 0 Å². The van der Waals surface area contributed by atoms with Gasteiger partial charge >= 0.3 is 7.12 Å². The van der Waals surface area contributed by atoms with E-state index in [4.69, 9.17) is 19.8 Å². The van der Waals surface area contributed by atoms with Gasteiger partial charge in [-0.05, 0) is 47.2 Å². The Kier molecular flexibility index (Phi) is 6.48. The summed E-state index contributed by atoms with van der Waals surface area (Å²) in [6, 6.07) is 0. The summed E-state index contributed by atoms with van der Waals surface area (Å²) in [4.78, 5) is 6.92. The van der Waals surface area contributed by atoms with Crippen LogP contribution in [0, 0.1) is 0 Å². The molecule has 0 radical (unpaired) electrons. The molecule has 2 heterocycles. The van der Waals surface area contributed by atoms with Crippen LogP contribution in [-0.2, 0) is 14.0 Å². The van der Waals surface area contributed by atoms with Crippen molar-refractivity contribution >= 4 is 13.3 Å². The molecule has 1 unspecified atom stereocenters. The number of ether oxygens (including phenoxy) is 1. The van der Waals surface area contributed by atoms with E-state index in [2.05, 4.69) is 16.8 Å². The number of allylic oxidation sites excluding steroid dienone is 1. The second-order valence-corrected chi connectivity index (χ2v) is 7.63. The van der Waals surface area contributed by atoms with E-state index in [0.717, 1.165) is 44.7 Å². The highest BCUT2D eigenvalue weighted by Crippen LogP contribution is 2.38. The molecule has 2 N–H and O–H groups in total. The molecule has 2 saturated heterocycles. The molecule has 2 rings (SSSR count). The molecule has 0 aromatic carbocycles. The average Bonchev–Trinajstić information content (AvgIpc) is 2.71. The second kappa shape index (κ2) is 8.00. The molecule has 1 atom stereocenters. The smallest absolute Gasteiger partial charge is 0.405 e. The molecule has 136 valence electrons. The molecule has 24 heavy (non-hydrogen) atoms. The molecule has 2 aliphatic heterocycles. The third kappa shape index (κ3) is 4.82. The fourth-order valence-electron chi connectivity index (χ4n) is 2.81. The van der Waals surface area contributed by atoms with Gasteiger partial charge in [0.05, 0.1) is 23.9 Å². The Morgan fingerprint density at radius 1 is 1.29 bits per heavy atom. The Bertz CT molecular complexity index is 464. The second-order valence-electron chi connectivity index (χ2n) is 7.63. The first kappa shape index (κ1) is 19.4. The van der Waals surface area contributed by atoms with Gasteiger partial charge in [0.2, 0.25) is 0 Å². The Hall–Kier alpha value is -0.885. The van der Waals surface area contributed by atoms with Gasteiger partial charge in [-0.3, -0.25) is 9.89 Å². The van der Waals surface area contributed by atoms with Crippen molar-refractivity contribution in [3.05, 3.63) is 11.7 Å². The van der Waals surface area contributed by atoms with Crippen LogP contribution in [0.3, 0.4) is 0 Å². The number of nitrogens with two attached hydrogens (primary N) is 1. The lowest BCUT2D eigenvalue weighted by molar-refractivity contribution is -0.0182. The number of aliphatic imine (C=N–C) groups is 1. The van der Waals surface area contributed by atoms with E-state index < -0.39 is 7.12 Å². The van der Waals surface area contributed by atoms with Crippen LogP contribution in [0.5, 0.6) is 0 Å². The van der Waals surface area contributed by atoms with Crippen molar-refractivity contribution in [2.24, 2.45) is 10.7 Å². The molecule has 0 bridgehead atoms. The third-order valence-corrected chi connectivity index (χ3v) is 5.04. The van der Waals surface area contributed by atoms with Gasteiger partial charge in [-0.25, -0.2) is 0 Å². The van der Waals surface area contributed by atoms with Crippen LogP contribution >= 0.6 is 0 Å². The van der Waals surface area contributed by atoms with Crippen LogP contribution < -0.4 is 5.73 Å². The van der Waals surface area contributed by atoms with Gasteiger partial charge < -0.3 is 19.8 Å². The molecular formula is C17H32BN3O3. The molecule has 0 aromatic rings. The molecule has 0 aliphatic carbocycles. The molecule has 7 heteroatoms. The Morgan fingerprint density at radius 3 is 2.54 bits per heavy atom. The van der Waals surface area contributed by atoms with E-state index in [0.29, 0.717) is 6.10 Å². The Balaban J connectivity index is 1.76. The van der Waals surface area contributed by atoms with Gasteiger partial charge in [0.15, 0.2) is 0 Å². The average molecular weight is 337 g/mol. The number of rotatable bonds is 6. The summed E-state index contributed by atoms with van der Waals surface area (Å²) in [5.41, 5.74) is 5.78. The van der Waals surface area contributed by atoms with Crippen LogP contribution in [0.1, 0.15) is 41.0 Å². The minimum atomic E-state index is -0.455. The van der Waals surface area contributed by atoms with E-state index in [1.165, 1.54) is 6.20 Å². The van der Waals surface area contributed by atoms with E-state index in [1.807, 2.05) is 27.7 Å². The summed E-state index contributed by atoms with van der Waals surface area (Å²) in [6.45, 7) is 14.9. The molecule has 0 saturated carbocycles. The minimum absolute atomic E-state index is 0.331. The summed E-state index contributed by atoms with van der Waals surface area (Å²) in [5.74, 6) is 0. The van der Waals surface area contributed by atoms with Crippen molar-refractivity contribution in [1.82, 2.24) is 4.90 Å². The molecule has 2 fully saturated rings. The fourth-order valence-corrected chi connectivity index (χ4v) is 2.81. The van der Waals surface area contributed by atoms with Crippen LogP contribution in [0.2, 0.25) is 0 Å². The largest absolute Gasteiger partial charge is 0.497 e. The van der Waals surface area contributed by atoms with E-state index >= 15 is 0 Å². The quantitative estimate of drug-likeness (QED) is 0.453. The van der Waals surface area contributed by atoms with Gasteiger partial charge in [-0.1, -0.05) is 0 Å². The maximum atomic E-state index is 6.00. The Morgan fingerprint density at radius 2 is 1.96 bits per heavy atom. The van der Waals surface area contributed by atoms with Crippen LogP contribution in [0.25, 0.3) is 0 Å². The van der Waals surface area contributed by atoms with Gasteiger partial charge in [0.1, 0.15) is 0 Å². The third-order valence-electron chi connectivity index (χ3n) is 5.04. The van der Waals surface area contributed by atoms with E-state index in [9.17, 15) is 0 Å². The number of morpholine rings is 1. The van der Waals surface area contributed by atoms with Crippen molar-refractivity contribution in [3.8, 4) is 0 Å². The topological polar surface area (TPSA) is 69.3 Å². The Labute approximate surface area is 146 Å². The molecular weight excluding hydrogens is 305 g/mol. The minimum Gasteiger partial charge on any atom is -0.405 e. The predicted molar refractivity (Wildman–Crippen MR) is 98.2 cm³/mol. The zero-order chi connectivity index (χ0) is 17.8. The number of nitrogens with zero attached hydrogens (tertiary/aromatic N) is 2. The summed E-state index contributed by atoms with van der Waals surface area (Å²) >= 11 is 0. The highest BCUT2D eigenvalue weighted by molar-refractivity contribution is 6.60. The summed E-state index contributed by atoms with van der Waals surface area (Å²) < 4.78 is 17.5. The molecule has 6 nitrogen and oxygen atoms in total. The monoisotopic (exact) mass is 337 g/mol. The first-order chi connectivity index (χ1) is 11.2. The van der Waals surface area contributed by atoms with Gasteiger partial charge in [0, 0.05) is 37.9 Å². The lowest BCUT2D eigenvalue weighted by atomic mass is 9.79. The fraction of sp³-hybridized carbons (Fsp3) is 0.824. The van der Waals surface area contributed by atoms with Gasteiger partial charge in [-0.2, -0.15) is 0 Å².